The van der Waals surface area contributed by atoms with E-state index in [0.29, 0.717) is 23.5 Å². The van der Waals surface area contributed by atoms with Gasteiger partial charge in [-0.1, -0.05) is 18.7 Å². The average Bonchev–Trinajstić information content (AvgIpc) is 3.11. The Kier molecular flexibility index (Phi) is 4.85. The van der Waals surface area contributed by atoms with Crippen LogP contribution < -0.4 is 11.0 Å². The van der Waals surface area contributed by atoms with Gasteiger partial charge < -0.3 is 10.4 Å². The van der Waals surface area contributed by atoms with Crippen molar-refractivity contribution in [3.63, 3.8) is 0 Å². The highest BCUT2D eigenvalue weighted by Crippen LogP contribution is 2.36. The summed E-state index contributed by atoms with van der Waals surface area (Å²) in [6.45, 7) is 3.59. The lowest BCUT2D eigenvalue weighted by Crippen LogP contribution is -2.29. The number of hydrogen-bond donors (Lipinski definition) is 3. The fraction of sp³-hybridized carbons (Fsp3) is 0.818. The summed E-state index contributed by atoms with van der Waals surface area (Å²) in [5.41, 5.74) is -0.140. The van der Waals surface area contributed by atoms with Crippen LogP contribution in [-0.4, -0.2) is 44.8 Å². The first-order chi connectivity index (χ1) is 8.72. The van der Waals surface area contributed by atoms with Crippen molar-refractivity contribution in [2.75, 3.05) is 18.8 Å². The zero-order chi connectivity index (χ0) is 13.0. The lowest BCUT2D eigenvalue weighted by Gasteiger charge is -2.10. The molecule has 0 bridgehead atoms. The van der Waals surface area contributed by atoms with Gasteiger partial charge in [-0.2, -0.15) is 0 Å². The van der Waals surface area contributed by atoms with Gasteiger partial charge in [0.05, 0.1) is 6.10 Å². The van der Waals surface area contributed by atoms with E-state index in [1.54, 1.807) is 4.57 Å². The molecule has 0 amide bonds. The number of nitrogens with zero attached hydrogens (tertiary/aromatic N) is 2. The van der Waals surface area contributed by atoms with Crippen molar-refractivity contribution < 1.29 is 5.11 Å². The predicted molar refractivity (Wildman–Crippen MR) is 71.0 cm³/mol. The minimum Gasteiger partial charge on any atom is -0.391 e. The summed E-state index contributed by atoms with van der Waals surface area (Å²) in [6, 6.07) is 0.314. The first-order valence-electron chi connectivity index (χ1n) is 6.40. The summed E-state index contributed by atoms with van der Waals surface area (Å²) in [5.74, 6) is 0.549. The largest absolute Gasteiger partial charge is 0.391 e. The molecule has 6 nitrogen and oxygen atoms in total. The molecule has 0 radical (unpaired) electrons. The monoisotopic (exact) mass is 272 g/mol. The standard InChI is InChI=1S/C11H20N4O2S/c1-2-5-12-6-9(16)7-18-11-14-13-10(17)15(11)8-3-4-8/h8-9,12,16H,2-7H2,1H3,(H,13,17). The molecule has 1 unspecified atom stereocenters. The molecule has 18 heavy (non-hydrogen) atoms. The number of aromatic nitrogens is 3. The highest BCUT2D eigenvalue weighted by Gasteiger charge is 2.28. The van der Waals surface area contributed by atoms with E-state index in [2.05, 4.69) is 22.4 Å². The van der Waals surface area contributed by atoms with E-state index in [1.807, 2.05) is 0 Å². The predicted octanol–water partition coefficient (Wildman–Crippen LogP) is 0.359. The van der Waals surface area contributed by atoms with Gasteiger partial charge in [0.25, 0.3) is 0 Å². The Hall–Kier alpha value is -0.790. The van der Waals surface area contributed by atoms with Gasteiger partial charge in [-0.15, -0.1) is 5.10 Å². The normalized spacial score (nSPS) is 17.0. The summed E-state index contributed by atoms with van der Waals surface area (Å²) in [5, 5.41) is 20.1. The minimum absolute atomic E-state index is 0.140. The molecule has 0 saturated heterocycles. The number of aromatic amines is 1. The molecule has 1 fully saturated rings. The van der Waals surface area contributed by atoms with E-state index >= 15 is 0 Å². The van der Waals surface area contributed by atoms with Crippen LogP contribution in [0.15, 0.2) is 9.95 Å². The Morgan fingerprint density at radius 2 is 2.44 bits per heavy atom. The van der Waals surface area contributed by atoms with Crippen LogP contribution in [0.3, 0.4) is 0 Å². The third-order valence-corrected chi connectivity index (χ3v) is 3.89. The topological polar surface area (TPSA) is 82.9 Å². The van der Waals surface area contributed by atoms with Crippen LogP contribution in [0.4, 0.5) is 0 Å². The maximum atomic E-state index is 11.5. The number of hydrogen-bond acceptors (Lipinski definition) is 5. The number of nitrogens with one attached hydrogen (secondary N) is 2. The summed E-state index contributed by atoms with van der Waals surface area (Å²) in [6.07, 6.45) is 2.74. The molecule has 1 aliphatic rings. The molecule has 1 heterocycles. The molecule has 0 aromatic carbocycles. The molecule has 1 saturated carbocycles. The van der Waals surface area contributed by atoms with Gasteiger partial charge in [-0.05, 0) is 25.8 Å². The van der Waals surface area contributed by atoms with E-state index < -0.39 is 6.10 Å². The minimum atomic E-state index is -0.416. The Bertz CT molecular complexity index is 427. The fourth-order valence-electron chi connectivity index (χ4n) is 1.72. The number of H-pyrrole nitrogens is 1. The molecule has 1 atom stereocenters. The van der Waals surface area contributed by atoms with Gasteiger partial charge in [0.1, 0.15) is 0 Å². The van der Waals surface area contributed by atoms with Crippen LogP contribution in [0.1, 0.15) is 32.2 Å². The van der Waals surface area contributed by atoms with Crippen molar-refractivity contribution in [1.29, 1.82) is 0 Å². The van der Waals surface area contributed by atoms with Crippen molar-refractivity contribution >= 4 is 11.8 Å². The van der Waals surface area contributed by atoms with E-state index in [4.69, 9.17) is 0 Å². The Labute approximate surface area is 110 Å². The first kappa shape index (κ1) is 13.6. The number of rotatable bonds is 8. The summed E-state index contributed by atoms with van der Waals surface area (Å²) in [4.78, 5) is 11.5. The number of thioether (sulfide) groups is 1. The van der Waals surface area contributed by atoms with Crippen LogP contribution in [0, 0.1) is 0 Å². The van der Waals surface area contributed by atoms with Crippen molar-refractivity contribution in [2.45, 2.75) is 43.5 Å². The second-order valence-corrected chi connectivity index (χ2v) is 5.57. The van der Waals surface area contributed by atoms with Crippen LogP contribution in [0.5, 0.6) is 0 Å². The van der Waals surface area contributed by atoms with Gasteiger partial charge in [0, 0.05) is 18.3 Å². The molecule has 0 aliphatic heterocycles. The van der Waals surface area contributed by atoms with Gasteiger partial charge in [-0.25, -0.2) is 9.89 Å². The second-order valence-electron chi connectivity index (χ2n) is 4.58. The molecule has 102 valence electrons. The molecule has 1 aromatic heterocycles. The second kappa shape index (κ2) is 6.40. The molecular formula is C11H20N4O2S. The Morgan fingerprint density at radius 1 is 1.67 bits per heavy atom. The summed E-state index contributed by atoms with van der Waals surface area (Å²) >= 11 is 1.43. The third kappa shape index (κ3) is 3.60. The highest BCUT2D eigenvalue weighted by atomic mass is 32.2. The van der Waals surface area contributed by atoms with E-state index in [9.17, 15) is 9.90 Å². The van der Waals surface area contributed by atoms with Crippen LogP contribution in [0.2, 0.25) is 0 Å². The Morgan fingerprint density at radius 3 is 3.11 bits per heavy atom. The molecule has 7 heteroatoms. The van der Waals surface area contributed by atoms with Crippen LogP contribution in [0.25, 0.3) is 0 Å². The van der Waals surface area contributed by atoms with Crippen molar-refractivity contribution in [3.05, 3.63) is 10.5 Å². The van der Waals surface area contributed by atoms with Gasteiger partial charge in [0.15, 0.2) is 5.16 Å². The van der Waals surface area contributed by atoms with Crippen molar-refractivity contribution in [3.8, 4) is 0 Å². The smallest absolute Gasteiger partial charge is 0.344 e. The molecule has 1 aliphatic carbocycles. The zero-order valence-corrected chi connectivity index (χ0v) is 11.4. The lowest BCUT2D eigenvalue weighted by molar-refractivity contribution is 0.196. The fourth-order valence-corrected chi connectivity index (χ4v) is 2.66. The first-order valence-corrected chi connectivity index (χ1v) is 7.39. The maximum absolute atomic E-state index is 11.5. The van der Waals surface area contributed by atoms with Gasteiger partial charge in [0.2, 0.25) is 0 Å². The quantitative estimate of drug-likeness (QED) is 0.470. The van der Waals surface area contributed by atoms with E-state index in [-0.39, 0.29) is 5.69 Å². The molecule has 2 rings (SSSR count). The summed E-state index contributed by atoms with van der Waals surface area (Å²) in [7, 11) is 0. The van der Waals surface area contributed by atoms with Crippen molar-refractivity contribution in [1.82, 2.24) is 20.1 Å². The maximum Gasteiger partial charge on any atom is 0.344 e. The lowest BCUT2D eigenvalue weighted by atomic mass is 10.4. The van der Waals surface area contributed by atoms with Crippen LogP contribution in [-0.2, 0) is 0 Å². The highest BCUT2D eigenvalue weighted by molar-refractivity contribution is 7.99. The SMILES string of the molecule is CCCNCC(O)CSc1n[nH]c(=O)n1C1CC1. The number of aliphatic hydroxyl groups is 1. The zero-order valence-electron chi connectivity index (χ0n) is 10.6. The number of aliphatic hydroxyl groups excluding tert-OH is 1. The van der Waals surface area contributed by atoms with Crippen LogP contribution >= 0.6 is 11.8 Å². The summed E-state index contributed by atoms with van der Waals surface area (Å²) < 4.78 is 1.71. The van der Waals surface area contributed by atoms with Gasteiger partial charge in [-0.3, -0.25) is 4.57 Å². The molecule has 1 aromatic rings. The van der Waals surface area contributed by atoms with E-state index in [1.165, 1.54) is 11.8 Å². The van der Waals surface area contributed by atoms with E-state index in [0.717, 1.165) is 25.8 Å². The molecular weight excluding hydrogens is 252 g/mol. The average molecular weight is 272 g/mol. The van der Waals surface area contributed by atoms with Crippen molar-refractivity contribution in [2.24, 2.45) is 0 Å². The Balaban J connectivity index is 1.81. The van der Waals surface area contributed by atoms with Gasteiger partial charge >= 0.3 is 5.69 Å². The molecule has 3 N–H and O–H groups in total. The molecule has 0 spiro atoms. The third-order valence-electron chi connectivity index (χ3n) is 2.80.